The molecule has 0 radical (unpaired) electrons. The summed E-state index contributed by atoms with van der Waals surface area (Å²) in [6.07, 6.45) is 2.37. The van der Waals surface area contributed by atoms with Crippen LogP contribution in [0.1, 0.15) is 19.4 Å². The molecule has 0 aromatic heterocycles. The van der Waals surface area contributed by atoms with Crippen LogP contribution in [0.5, 0.6) is 0 Å². The highest BCUT2D eigenvalue weighted by molar-refractivity contribution is 5.62. The van der Waals surface area contributed by atoms with E-state index in [4.69, 9.17) is 9.59 Å². The average molecular weight is 176 g/mol. The Morgan fingerprint density at radius 1 is 1.23 bits per heavy atom. The summed E-state index contributed by atoms with van der Waals surface area (Å²) >= 11 is 0. The smallest absolute Gasteiger partial charge is 0.186 e. The second-order valence-electron chi connectivity index (χ2n) is 2.42. The van der Waals surface area contributed by atoms with Gasteiger partial charge >= 0.3 is 6.15 Å². The van der Waals surface area contributed by atoms with Gasteiger partial charge in [-0.05, 0) is 25.0 Å². The molecule has 0 saturated carbocycles. The highest BCUT2D eigenvalue weighted by Crippen LogP contribution is 2.11. The van der Waals surface area contributed by atoms with Crippen molar-refractivity contribution in [3.63, 3.8) is 0 Å². The van der Waals surface area contributed by atoms with Crippen LogP contribution >= 0.6 is 0 Å². The van der Waals surface area contributed by atoms with E-state index in [1.807, 2.05) is 6.07 Å². The molecule has 2 heteroatoms. The summed E-state index contributed by atoms with van der Waals surface area (Å²) in [7, 11) is 0. The molecule has 0 aliphatic rings. The lowest BCUT2D eigenvalue weighted by Gasteiger charge is -1.97. The summed E-state index contributed by atoms with van der Waals surface area (Å²) in [5.41, 5.74) is 2.64. The van der Waals surface area contributed by atoms with Crippen molar-refractivity contribution in [3.8, 4) is 0 Å². The molecule has 0 saturated heterocycles. The summed E-state index contributed by atoms with van der Waals surface area (Å²) < 4.78 is 0. The van der Waals surface area contributed by atoms with Gasteiger partial charge in [-0.25, -0.2) is 0 Å². The SMILES string of the molecule is C/C=C(\C)c1ccccc1.O=C=O. The van der Waals surface area contributed by atoms with E-state index in [1.165, 1.54) is 11.1 Å². The summed E-state index contributed by atoms with van der Waals surface area (Å²) in [5.74, 6) is 0. The topological polar surface area (TPSA) is 34.1 Å². The summed E-state index contributed by atoms with van der Waals surface area (Å²) in [6, 6.07) is 10.4. The van der Waals surface area contributed by atoms with E-state index in [0.717, 1.165) is 0 Å². The molecule has 0 N–H and O–H groups in total. The third-order valence-corrected chi connectivity index (χ3v) is 1.66. The molecule has 0 fully saturated rings. The van der Waals surface area contributed by atoms with Crippen molar-refractivity contribution in [1.82, 2.24) is 0 Å². The van der Waals surface area contributed by atoms with E-state index in [9.17, 15) is 0 Å². The number of hydrogen-bond donors (Lipinski definition) is 0. The van der Waals surface area contributed by atoms with Gasteiger partial charge in [-0.3, -0.25) is 0 Å². The van der Waals surface area contributed by atoms with Crippen molar-refractivity contribution < 1.29 is 9.59 Å². The third-order valence-electron chi connectivity index (χ3n) is 1.66. The first-order valence-electron chi connectivity index (χ1n) is 3.93. The lowest BCUT2D eigenvalue weighted by molar-refractivity contribution is -0.191. The van der Waals surface area contributed by atoms with Crippen LogP contribution in [0.25, 0.3) is 5.57 Å². The van der Waals surface area contributed by atoms with Crippen molar-refractivity contribution in [2.45, 2.75) is 13.8 Å². The minimum atomic E-state index is 0.250. The maximum absolute atomic E-state index is 8.12. The first-order chi connectivity index (χ1) is 6.26. The predicted octanol–water partition coefficient (Wildman–Crippen LogP) is 2.53. The Balaban J connectivity index is 0.000000424. The Morgan fingerprint density at radius 3 is 2.08 bits per heavy atom. The van der Waals surface area contributed by atoms with E-state index >= 15 is 0 Å². The zero-order valence-electron chi connectivity index (χ0n) is 7.78. The minimum Gasteiger partial charge on any atom is -0.186 e. The van der Waals surface area contributed by atoms with Gasteiger partial charge in [0.05, 0.1) is 0 Å². The molecule has 0 unspecified atom stereocenters. The third kappa shape index (κ3) is 4.72. The molecule has 13 heavy (non-hydrogen) atoms. The molecule has 0 aliphatic heterocycles. The Morgan fingerprint density at radius 2 is 1.69 bits per heavy atom. The molecule has 1 rings (SSSR count). The highest BCUT2D eigenvalue weighted by atomic mass is 16.2. The molecule has 0 amide bonds. The summed E-state index contributed by atoms with van der Waals surface area (Å²) in [6.45, 7) is 4.18. The predicted molar refractivity (Wildman–Crippen MR) is 50.8 cm³/mol. The lowest BCUT2D eigenvalue weighted by atomic mass is 10.1. The van der Waals surface area contributed by atoms with Crippen LogP contribution in [0, 0.1) is 0 Å². The van der Waals surface area contributed by atoms with Crippen molar-refractivity contribution in [3.05, 3.63) is 42.0 Å². The van der Waals surface area contributed by atoms with E-state index in [-0.39, 0.29) is 6.15 Å². The van der Waals surface area contributed by atoms with Crippen molar-refractivity contribution in [2.75, 3.05) is 0 Å². The van der Waals surface area contributed by atoms with Crippen LogP contribution in [0.2, 0.25) is 0 Å². The molecule has 1 aromatic carbocycles. The van der Waals surface area contributed by atoms with E-state index in [0.29, 0.717) is 0 Å². The fraction of sp³-hybridized carbons (Fsp3) is 0.182. The van der Waals surface area contributed by atoms with Gasteiger partial charge in [-0.1, -0.05) is 36.4 Å². The Hall–Kier alpha value is -1.66. The Kier molecular flexibility index (Phi) is 6.12. The second-order valence-corrected chi connectivity index (χ2v) is 2.42. The normalized spacial score (nSPS) is 9.54. The maximum Gasteiger partial charge on any atom is 0.373 e. The molecule has 0 atom stereocenters. The number of rotatable bonds is 1. The number of hydrogen-bond acceptors (Lipinski definition) is 2. The lowest BCUT2D eigenvalue weighted by Crippen LogP contribution is -1.75. The number of allylic oxidation sites excluding steroid dienone is 2. The Labute approximate surface area is 77.9 Å². The largest absolute Gasteiger partial charge is 0.373 e. The van der Waals surface area contributed by atoms with Crippen molar-refractivity contribution in [2.24, 2.45) is 0 Å². The van der Waals surface area contributed by atoms with Gasteiger partial charge in [0, 0.05) is 0 Å². The molecule has 0 spiro atoms. The minimum absolute atomic E-state index is 0.250. The zero-order valence-corrected chi connectivity index (χ0v) is 7.78. The van der Waals surface area contributed by atoms with Crippen LogP contribution in [-0.4, -0.2) is 6.15 Å². The fourth-order valence-electron chi connectivity index (χ4n) is 0.868. The van der Waals surface area contributed by atoms with Gasteiger partial charge in [0.15, 0.2) is 0 Å². The Bertz CT molecular complexity index is 293. The second kappa shape index (κ2) is 7.01. The van der Waals surface area contributed by atoms with Crippen LogP contribution in [0.4, 0.5) is 0 Å². The number of benzene rings is 1. The molecular formula is C11H12O2. The van der Waals surface area contributed by atoms with E-state index in [2.05, 4.69) is 44.2 Å². The van der Waals surface area contributed by atoms with Crippen LogP contribution in [-0.2, 0) is 9.59 Å². The molecule has 68 valence electrons. The van der Waals surface area contributed by atoms with E-state index < -0.39 is 0 Å². The van der Waals surface area contributed by atoms with Gasteiger partial charge in [-0.2, -0.15) is 9.59 Å². The summed E-state index contributed by atoms with van der Waals surface area (Å²) in [4.78, 5) is 16.2. The van der Waals surface area contributed by atoms with Crippen molar-refractivity contribution >= 4 is 11.7 Å². The average Bonchev–Trinajstić information content (AvgIpc) is 2.19. The zero-order chi connectivity index (χ0) is 10.1. The first-order valence-corrected chi connectivity index (χ1v) is 3.93. The molecule has 0 heterocycles. The van der Waals surface area contributed by atoms with Crippen LogP contribution in [0.3, 0.4) is 0 Å². The highest BCUT2D eigenvalue weighted by Gasteiger charge is 1.88. The van der Waals surface area contributed by atoms with E-state index in [1.54, 1.807) is 0 Å². The fourth-order valence-corrected chi connectivity index (χ4v) is 0.868. The van der Waals surface area contributed by atoms with Gasteiger partial charge in [-0.15, -0.1) is 0 Å². The molecule has 2 nitrogen and oxygen atoms in total. The molecular weight excluding hydrogens is 164 g/mol. The molecule has 0 aliphatic carbocycles. The molecule has 1 aromatic rings. The van der Waals surface area contributed by atoms with Gasteiger partial charge in [0.2, 0.25) is 0 Å². The number of carbonyl (C=O) groups excluding carboxylic acids is 2. The standard InChI is InChI=1S/C10H12.CO2/c1-3-9(2)10-7-5-4-6-8-10;2-1-3/h3-8H,1-2H3;/b9-3+;. The molecule has 0 bridgehead atoms. The maximum atomic E-state index is 8.12. The van der Waals surface area contributed by atoms with Gasteiger partial charge in [0.1, 0.15) is 0 Å². The monoisotopic (exact) mass is 176 g/mol. The van der Waals surface area contributed by atoms with Crippen molar-refractivity contribution in [1.29, 1.82) is 0 Å². The quantitative estimate of drug-likeness (QED) is 0.658. The first kappa shape index (κ1) is 11.3. The van der Waals surface area contributed by atoms with Gasteiger partial charge in [0.25, 0.3) is 0 Å². The van der Waals surface area contributed by atoms with Crippen LogP contribution < -0.4 is 0 Å². The summed E-state index contributed by atoms with van der Waals surface area (Å²) in [5, 5.41) is 0. The van der Waals surface area contributed by atoms with Crippen LogP contribution in [0.15, 0.2) is 36.4 Å². The van der Waals surface area contributed by atoms with Gasteiger partial charge < -0.3 is 0 Å².